The third-order valence-electron chi connectivity index (χ3n) is 6.09. The molecule has 0 radical (unpaired) electrons. The van der Waals surface area contributed by atoms with Gasteiger partial charge in [0, 0.05) is 31.0 Å². The van der Waals surface area contributed by atoms with Gasteiger partial charge in [-0.25, -0.2) is 4.79 Å². The molecule has 1 aliphatic carbocycles. The van der Waals surface area contributed by atoms with Gasteiger partial charge < -0.3 is 20.1 Å². The van der Waals surface area contributed by atoms with Gasteiger partial charge in [0.2, 0.25) is 5.91 Å². The number of nitrogens with zero attached hydrogens (tertiary/aromatic N) is 1. The fraction of sp³-hybridized carbons (Fsp3) is 0.444. The predicted octanol–water partition coefficient (Wildman–Crippen LogP) is 4.80. The Morgan fingerprint density at radius 2 is 1.53 bits per heavy atom. The zero-order valence-corrected chi connectivity index (χ0v) is 20.2. The van der Waals surface area contributed by atoms with E-state index in [0.717, 1.165) is 0 Å². The van der Waals surface area contributed by atoms with Crippen LogP contribution in [0.15, 0.2) is 48.5 Å². The Kier molecular flexibility index (Phi) is 8.31. The molecule has 0 saturated heterocycles. The number of alkyl carbamates (subject to hydrolysis) is 1. The number of benzene rings is 2. The van der Waals surface area contributed by atoms with E-state index in [0.29, 0.717) is 25.8 Å². The molecule has 0 aliphatic heterocycles. The maximum atomic E-state index is 12.6. The summed E-state index contributed by atoms with van der Waals surface area (Å²) >= 11 is 0. The number of nitrogens with one attached hydrogen (secondary N) is 1. The second kappa shape index (κ2) is 11.2. The molecule has 0 atom stereocenters. The van der Waals surface area contributed by atoms with Gasteiger partial charge in [-0.2, -0.15) is 0 Å². The van der Waals surface area contributed by atoms with E-state index < -0.39 is 17.6 Å². The normalized spacial score (nSPS) is 12.6. The summed E-state index contributed by atoms with van der Waals surface area (Å²) in [5.74, 6) is -0.978. The van der Waals surface area contributed by atoms with Crippen molar-refractivity contribution in [1.29, 1.82) is 0 Å². The van der Waals surface area contributed by atoms with Crippen molar-refractivity contribution < 1.29 is 24.2 Å². The summed E-state index contributed by atoms with van der Waals surface area (Å²) in [6.45, 7) is 6.55. The van der Waals surface area contributed by atoms with Gasteiger partial charge in [-0.3, -0.25) is 9.59 Å². The SMILES string of the molecule is CC(C)(C)N(CCC(=O)O)C(=O)CCCCNC(=O)OCC1c2ccccc2-c2ccccc21. The molecule has 2 aromatic rings. The number of carbonyl (C=O) groups is 3. The number of fused-ring (bicyclic) bond motifs is 3. The van der Waals surface area contributed by atoms with Crippen LogP contribution in [0, 0.1) is 0 Å². The van der Waals surface area contributed by atoms with E-state index in [1.54, 1.807) is 4.90 Å². The van der Waals surface area contributed by atoms with Gasteiger partial charge in [0.25, 0.3) is 0 Å². The van der Waals surface area contributed by atoms with Crippen LogP contribution in [0.4, 0.5) is 4.79 Å². The molecule has 0 aromatic heterocycles. The Balaban J connectivity index is 1.41. The standard InChI is InChI=1S/C27H34N2O5/c1-27(2,3)29(17-15-25(31)32)24(30)14-8-9-16-28-26(33)34-18-23-21-12-6-4-10-19(21)20-11-5-7-13-22(20)23/h4-7,10-13,23H,8-9,14-18H2,1-3H3,(H,28,33)(H,31,32). The van der Waals surface area contributed by atoms with E-state index in [1.807, 2.05) is 45.0 Å². The summed E-state index contributed by atoms with van der Waals surface area (Å²) in [5.41, 5.74) is 4.27. The molecule has 7 nitrogen and oxygen atoms in total. The first-order valence-electron chi connectivity index (χ1n) is 11.8. The van der Waals surface area contributed by atoms with Crippen molar-refractivity contribution in [2.24, 2.45) is 0 Å². The average molecular weight is 467 g/mol. The van der Waals surface area contributed by atoms with E-state index >= 15 is 0 Å². The van der Waals surface area contributed by atoms with Crippen molar-refractivity contribution in [2.45, 2.75) is 57.9 Å². The number of ether oxygens (including phenoxy) is 1. The van der Waals surface area contributed by atoms with Crippen molar-refractivity contribution >= 4 is 18.0 Å². The predicted molar refractivity (Wildman–Crippen MR) is 131 cm³/mol. The highest BCUT2D eigenvalue weighted by Gasteiger charge is 2.29. The highest BCUT2D eigenvalue weighted by atomic mass is 16.5. The van der Waals surface area contributed by atoms with Gasteiger partial charge in [-0.05, 0) is 55.9 Å². The number of rotatable bonds is 10. The Morgan fingerprint density at radius 3 is 2.09 bits per heavy atom. The number of hydrogen-bond acceptors (Lipinski definition) is 4. The molecule has 34 heavy (non-hydrogen) atoms. The highest BCUT2D eigenvalue weighted by Crippen LogP contribution is 2.44. The van der Waals surface area contributed by atoms with Crippen LogP contribution >= 0.6 is 0 Å². The Labute approximate surface area is 201 Å². The number of unbranched alkanes of at least 4 members (excludes halogenated alkanes) is 1. The first-order chi connectivity index (χ1) is 16.2. The molecule has 3 rings (SSSR count). The maximum absolute atomic E-state index is 12.6. The quantitative estimate of drug-likeness (QED) is 0.491. The summed E-state index contributed by atoms with van der Waals surface area (Å²) in [4.78, 5) is 37.3. The molecule has 2 N–H and O–H groups in total. The molecule has 2 amide bonds. The number of aliphatic carboxylic acids is 1. The van der Waals surface area contributed by atoms with E-state index in [-0.39, 0.29) is 31.4 Å². The Hall–Kier alpha value is -3.35. The molecule has 0 bridgehead atoms. The van der Waals surface area contributed by atoms with Crippen LogP contribution in [0.5, 0.6) is 0 Å². The smallest absolute Gasteiger partial charge is 0.407 e. The Bertz CT molecular complexity index is 982. The van der Waals surface area contributed by atoms with Crippen LogP contribution in [0.1, 0.15) is 63.5 Å². The van der Waals surface area contributed by atoms with Crippen molar-refractivity contribution in [2.75, 3.05) is 19.7 Å². The van der Waals surface area contributed by atoms with Crippen molar-refractivity contribution in [3.8, 4) is 11.1 Å². The van der Waals surface area contributed by atoms with Gasteiger partial charge in [-0.15, -0.1) is 0 Å². The van der Waals surface area contributed by atoms with Gasteiger partial charge in [0.05, 0.1) is 6.42 Å². The lowest BCUT2D eigenvalue weighted by Gasteiger charge is -2.35. The van der Waals surface area contributed by atoms with E-state index in [4.69, 9.17) is 9.84 Å². The molecular weight excluding hydrogens is 432 g/mol. The van der Waals surface area contributed by atoms with Gasteiger partial charge in [-0.1, -0.05) is 48.5 Å². The second-order valence-electron chi connectivity index (χ2n) is 9.57. The molecule has 0 fully saturated rings. The van der Waals surface area contributed by atoms with Crippen LogP contribution in [0.25, 0.3) is 11.1 Å². The summed E-state index contributed by atoms with van der Waals surface area (Å²) < 4.78 is 5.52. The largest absolute Gasteiger partial charge is 0.481 e. The summed E-state index contributed by atoms with van der Waals surface area (Å²) in [6.07, 6.45) is 0.996. The third kappa shape index (κ3) is 6.37. The summed E-state index contributed by atoms with van der Waals surface area (Å²) in [5, 5.41) is 11.7. The van der Waals surface area contributed by atoms with Crippen LogP contribution in [-0.4, -0.2) is 53.2 Å². The monoisotopic (exact) mass is 466 g/mol. The van der Waals surface area contributed by atoms with E-state index in [1.165, 1.54) is 22.3 Å². The minimum Gasteiger partial charge on any atom is -0.481 e. The van der Waals surface area contributed by atoms with E-state index in [9.17, 15) is 14.4 Å². The minimum atomic E-state index is -0.922. The fourth-order valence-electron chi connectivity index (χ4n) is 4.42. The zero-order chi connectivity index (χ0) is 24.7. The molecule has 0 heterocycles. The molecule has 0 saturated carbocycles. The van der Waals surface area contributed by atoms with Gasteiger partial charge >= 0.3 is 12.1 Å². The zero-order valence-electron chi connectivity index (χ0n) is 20.2. The first kappa shape index (κ1) is 25.3. The first-order valence-corrected chi connectivity index (χ1v) is 11.8. The Morgan fingerprint density at radius 1 is 0.941 bits per heavy atom. The molecule has 182 valence electrons. The third-order valence-corrected chi connectivity index (χ3v) is 6.09. The second-order valence-corrected chi connectivity index (χ2v) is 9.57. The molecule has 0 unspecified atom stereocenters. The molecule has 0 spiro atoms. The minimum absolute atomic E-state index is 0.0185. The van der Waals surface area contributed by atoms with Crippen molar-refractivity contribution in [3.05, 3.63) is 59.7 Å². The number of hydrogen-bond donors (Lipinski definition) is 2. The number of carbonyl (C=O) groups excluding carboxylic acids is 2. The molecular formula is C27H34N2O5. The number of carboxylic acid groups (broad SMARTS) is 1. The van der Waals surface area contributed by atoms with Crippen molar-refractivity contribution in [1.82, 2.24) is 10.2 Å². The summed E-state index contributed by atoms with van der Waals surface area (Å²) in [7, 11) is 0. The lowest BCUT2D eigenvalue weighted by molar-refractivity contribution is -0.140. The molecule has 7 heteroatoms. The molecule has 1 aliphatic rings. The maximum Gasteiger partial charge on any atom is 0.407 e. The topological polar surface area (TPSA) is 95.9 Å². The average Bonchev–Trinajstić information content (AvgIpc) is 3.10. The summed E-state index contributed by atoms with van der Waals surface area (Å²) in [6, 6.07) is 16.4. The lowest BCUT2D eigenvalue weighted by atomic mass is 9.98. The van der Waals surface area contributed by atoms with Crippen molar-refractivity contribution in [3.63, 3.8) is 0 Å². The van der Waals surface area contributed by atoms with Crippen LogP contribution in [-0.2, 0) is 14.3 Å². The molecule has 2 aromatic carbocycles. The lowest BCUT2D eigenvalue weighted by Crippen LogP contribution is -2.46. The highest BCUT2D eigenvalue weighted by molar-refractivity contribution is 5.79. The fourth-order valence-corrected chi connectivity index (χ4v) is 4.42. The van der Waals surface area contributed by atoms with E-state index in [2.05, 4.69) is 29.6 Å². The van der Waals surface area contributed by atoms with Crippen LogP contribution in [0.3, 0.4) is 0 Å². The number of carboxylic acids is 1. The van der Waals surface area contributed by atoms with Crippen LogP contribution < -0.4 is 5.32 Å². The number of amides is 2. The van der Waals surface area contributed by atoms with Gasteiger partial charge in [0.1, 0.15) is 6.61 Å². The van der Waals surface area contributed by atoms with Crippen LogP contribution in [0.2, 0.25) is 0 Å². The van der Waals surface area contributed by atoms with Gasteiger partial charge in [0.15, 0.2) is 0 Å².